The maximum atomic E-state index is 13.5. The molecule has 34 heavy (non-hydrogen) atoms. The highest BCUT2D eigenvalue weighted by atomic mass is 16.5. The minimum absolute atomic E-state index is 0.118. The fraction of sp³-hybridized carbons (Fsp3) is 0.103. The molecule has 4 aromatic carbocycles. The smallest absolute Gasteiger partial charge is 0.255 e. The number of carbonyl (C=O) groups excluding carboxylic acids is 2. The molecular formula is C29H24N2O3. The molecule has 1 aliphatic heterocycles. The van der Waals surface area contributed by atoms with E-state index in [9.17, 15) is 9.59 Å². The molecule has 5 heteroatoms. The van der Waals surface area contributed by atoms with Crippen molar-refractivity contribution in [3.05, 3.63) is 126 Å². The molecule has 0 aromatic heterocycles. The number of ether oxygens (including phenoxy) is 1. The molecule has 0 saturated carbocycles. The molecule has 0 bridgehead atoms. The van der Waals surface area contributed by atoms with Gasteiger partial charge >= 0.3 is 0 Å². The van der Waals surface area contributed by atoms with Gasteiger partial charge in [-0.2, -0.15) is 0 Å². The third kappa shape index (κ3) is 4.69. The Morgan fingerprint density at radius 2 is 1.50 bits per heavy atom. The van der Waals surface area contributed by atoms with Gasteiger partial charge in [-0.15, -0.1) is 0 Å². The van der Waals surface area contributed by atoms with Crippen molar-refractivity contribution in [2.24, 2.45) is 0 Å². The average Bonchev–Trinajstić information content (AvgIpc) is 3.20. The molecular weight excluding hydrogens is 424 g/mol. The SMILES string of the molecule is O=C(Nc1cccc(Oc2ccccc2)c1)C(Cc1ccccc1)N1Cc2ccccc2C1=O. The predicted octanol–water partition coefficient (Wildman–Crippen LogP) is 5.68. The van der Waals surface area contributed by atoms with Crippen molar-refractivity contribution in [3.63, 3.8) is 0 Å². The van der Waals surface area contributed by atoms with Crippen LogP contribution in [0.5, 0.6) is 11.5 Å². The fourth-order valence-corrected chi connectivity index (χ4v) is 4.20. The Morgan fingerprint density at radius 1 is 0.824 bits per heavy atom. The topological polar surface area (TPSA) is 58.6 Å². The van der Waals surface area contributed by atoms with E-state index in [1.807, 2.05) is 103 Å². The highest BCUT2D eigenvalue weighted by molar-refractivity contribution is 6.03. The first-order valence-electron chi connectivity index (χ1n) is 11.2. The number of carbonyl (C=O) groups is 2. The van der Waals surface area contributed by atoms with E-state index in [2.05, 4.69) is 5.32 Å². The van der Waals surface area contributed by atoms with Crippen LogP contribution in [-0.2, 0) is 17.8 Å². The van der Waals surface area contributed by atoms with Crippen LogP contribution in [0.4, 0.5) is 5.69 Å². The van der Waals surface area contributed by atoms with Crippen LogP contribution in [0.25, 0.3) is 0 Å². The molecule has 1 heterocycles. The summed E-state index contributed by atoms with van der Waals surface area (Å²) in [6.07, 6.45) is 0.423. The number of nitrogens with one attached hydrogen (secondary N) is 1. The third-order valence-corrected chi connectivity index (χ3v) is 5.88. The number of hydrogen-bond donors (Lipinski definition) is 1. The average molecular weight is 449 g/mol. The minimum Gasteiger partial charge on any atom is -0.457 e. The number of para-hydroxylation sites is 1. The van der Waals surface area contributed by atoms with E-state index in [0.717, 1.165) is 11.1 Å². The second-order valence-corrected chi connectivity index (χ2v) is 8.23. The van der Waals surface area contributed by atoms with E-state index in [0.29, 0.717) is 35.7 Å². The summed E-state index contributed by atoms with van der Waals surface area (Å²) >= 11 is 0. The number of amides is 2. The normalized spacial score (nSPS) is 13.3. The van der Waals surface area contributed by atoms with Gasteiger partial charge < -0.3 is 15.0 Å². The first-order chi connectivity index (χ1) is 16.7. The molecule has 1 aliphatic rings. The van der Waals surface area contributed by atoms with E-state index in [1.54, 1.807) is 11.0 Å². The van der Waals surface area contributed by atoms with E-state index in [4.69, 9.17) is 4.74 Å². The van der Waals surface area contributed by atoms with Crippen LogP contribution in [0.3, 0.4) is 0 Å². The summed E-state index contributed by atoms with van der Waals surface area (Å²) in [7, 11) is 0. The summed E-state index contributed by atoms with van der Waals surface area (Å²) < 4.78 is 5.90. The first-order valence-corrected chi connectivity index (χ1v) is 11.2. The van der Waals surface area contributed by atoms with Gasteiger partial charge in [-0.25, -0.2) is 0 Å². The number of fused-ring (bicyclic) bond motifs is 1. The summed E-state index contributed by atoms with van der Waals surface area (Å²) in [5.74, 6) is 0.983. The summed E-state index contributed by atoms with van der Waals surface area (Å²) in [4.78, 5) is 28.4. The number of anilines is 1. The zero-order chi connectivity index (χ0) is 23.3. The highest BCUT2D eigenvalue weighted by Gasteiger charge is 2.36. The van der Waals surface area contributed by atoms with E-state index in [-0.39, 0.29) is 11.8 Å². The van der Waals surface area contributed by atoms with Crippen molar-refractivity contribution < 1.29 is 14.3 Å². The molecule has 5 rings (SSSR count). The van der Waals surface area contributed by atoms with Crippen LogP contribution >= 0.6 is 0 Å². The van der Waals surface area contributed by atoms with E-state index in [1.165, 1.54) is 0 Å². The lowest BCUT2D eigenvalue weighted by molar-refractivity contribution is -0.120. The third-order valence-electron chi connectivity index (χ3n) is 5.88. The van der Waals surface area contributed by atoms with Crippen LogP contribution in [0, 0.1) is 0 Å². The Hall–Kier alpha value is -4.38. The van der Waals surface area contributed by atoms with Crippen LogP contribution in [-0.4, -0.2) is 22.8 Å². The number of nitrogens with zero attached hydrogens (tertiary/aromatic N) is 1. The molecule has 0 spiro atoms. The summed E-state index contributed by atoms with van der Waals surface area (Å²) in [5.41, 5.74) is 3.21. The zero-order valence-corrected chi connectivity index (χ0v) is 18.6. The van der Waals surface area contributed by atoms with Gasteiger partial charge in [0.1, 0.15) is 17.5 Å². The molecule has 0 aliphatic carbocycles. The predicted molar refractivity (Wildman–Crippen MR) is 132 cm³/mol. The van der Waals surface area contributed by atoms with Gasteiger partial charge in [-0.1, -0.05) is 72.8 Å². The molecule has 1 atom stereocenters. The van der Waals surface area contributed by atoms with Crippen LogP contribution < -0.4 is 10.1 Å². The maximum Gasteiger partial charge on any atom is 0.255 e. The Balaban J connectivity index is 1.38. The molecule has 0 saturated heterocycles. The summed E-state index contributed by atoms with van der Waals surface area (Å²) in [6.45, 7) is 0.414. The van der Waals surface area contributed by atoms with Gasteiger partial charge in [0.15, 0.2) is 0 Å². The Morgan fingerprint density at radius 3 is 2.26 bits per heavy atom. The molecule has 1 unspecified atom stereocenters. The van der Waals surface area contributed by atoms with Crippen molar-refractivity contribution in [2.75, 3.05) is 5.32 Å². The van der Waals surface area contributed by atoms with Crippen molar-refractivity contribution >= 4 is 17.5 Å². The van der Waals surface area contributed by atoms with Crippen LogP contribution in [0.2, 0.25) is 0 Å². The largest absolute Gasteiger partial charge is 0.457 e. The minimum atomic E-state index is -0.652. The maximum absolute atomic E-state index is 13.5. The van der Waals surface area contributed by atoms with Crippen molar-refractivity contribution in [3.8, 4) is 11.5 Å². The van der Waals surface area contributed by atoms with Crippen molar-refractivity contribution in [1.29, 1.82) is 0 Å². The number of benzene rings is 4. The molecule has 2 amide bonds. The Labute approximate surface area is 198 Å². The first kappa shape index (κ1) is 21.5. The lowest BCUT2D eigenvalue weighted by Gasteiger charge is -2.27. The molecule has 0 fully saturated rings. The fourth-order valence-electron chi connectivity index (χ4n) is 4.20. The Bertz CT molecular complexity index is 1310. The molecule has 168 valence electrons. The van der Waals surface area contributed by atoms with Gasteiger partial charge in [0.25, 0.3) is 5.91 Å². The quantitative estimate of drug-likeness (QED) is 0.395. The molecule has 4 aromatic rings. The summed E-state index contributed by atoms with van der Waals surface area (Å²) in [6, 6.07) is 33.4. The molecule has 1 N–H and O–H groups in total. The van der Waals surface area contributed by atoms with E-state index < -0.39 is 6.04 Å². The number of rotatable bonds is 7. The lowest BCUT2D eigenvalue weighted by atomic mass is 10.0. The summed E-state index contributed by atoms with van der Waals surface area (Å²) in [5, 5.41) is 3.00. The van der Waals surface area contributed by atoms with E-state index >= 15 is 0 Å². The van der Waals surface area contributed by atoms with Gasteiger partial charge in [-0.3, -0.25) is 9.59 Å². The lowest BCUT2D eigenvalue weighted by Crippen LogP contribution is -2.45. The standard InChI is InChI=1S/C29H24N2O3/c32-28(30-23-13-9-16-25(19-23)34-24-14-5-2-6-15-24)27(18-21-10-3-1-4-11-21)31-20-22-12-7-8-17-26(22)29(31)33/h1-17,19,27H,18,20H2,(H,30,32). The van der Waals surface area contributed by atoms with Gasteiger partial charge in [0.05, 0.1) is 0 Å². The molecule has 5 nitrogen and oxygen atoms in total. The van der Waals surface area contributed by atoms with Gasteiger partial charge in [0, 0.05) is 30.3 Å². The van der Waals surface area contributed by atoms with Crippen LogP contribution in [0.1, 0.15) is 21.5 Å². The monoisotopic (exact) mass is 448 g/mol. The zero-order valence-electron chi connectivity index (χ0n) is 18.6. The Kier molecular flexibility index (Phi) is 6.08. The second-order valence-electron chi connectivity index (χ2n) is 8.23. The number of hydrogen-bond acceptors (Lipinski definition) is 3. The van der Waals surface area contributed by atoms with Crippen LogP contribution in [0.15, 0.2) is 109 Å². The second kappa shape index (κ2) is 9.63. The van der Waals surface area contributed by atoms with Gasteiger partial charge in [0.2, 0.25) is 5.91 Å². The highest BCUT2D eigenvalue weighted by Crippen LogP contribution is 2.28. The van der Waals surface area contributed by atoms with Crippen molar-refractivity contribution in [1.82, 2.24) is 4.90 Å². The van der Waals surface area contributed by atoms with Crippen molar-refractivity contribution in [2.45, 2.75) is 19.0 Å². The molecule has 0 radical (unpaired) electrons. The van der Waals surface area contributed by atoms with Gasteiger partial charge in [-0.05, 0) is 41.5 Å².